The number of aryl methyl sites for hydroxylation is 1. The van der Waals surface area contributed by atoms with Crippen molar-refractivity contribution in [2.24, 2.45) is 0 Å². The summed E-state index contributed by atoms with van der Waals surface area (Å²) >= 11 is 1.76. The first-order valence-corrected chi connectivity index (χ1v) is 6.44. The van der Waals surface area contributed by atoms with Gasteiger partial charge in [-0.1, -0.05) is 17.8 Å². The van der Waals surface area contributed by atoms with Gasteiger partial charge in [0.1, 0.15) is 0 Å². The van der Waals surface area contributed by atoms with E-state index in [0.717, 1.165) is 21.9 Å². The van der Waals surface area contributed by atoms with E-state index in [9.17, 15) is 0 Å². The molecule has 0 aliphatic heterocycles. The lowest BCUT2D eigenvalue weighted by molar-refractivity contribution is 0.677. The van der Waals surface area contributed by atoms with E-state index < -0.39 is 0 Å². The van der Waals surface area contributed by atoms with Crippen LogP contribution in [0.4, 0.5) is 0 Å². The van der Waals surface area contributed by atoms with Crippen LogP contribution in [0.15, 0.2) is 23.4 Å². The minimum absolute atomic E-state index is 0.500. The highest BCUT2D eigenvalue weighted by Crippen LogP contribution is 2.20. The Balaban J connectivity index is 2.13. The monoisotopic (exact) mass is 235 g/mol. The lowest BCUT2D eigenvalue weighted by Crippen LogP contribution is -2.23. The highest BCUT2D eigenvalue weighted by molar-refractivity contribution is 7.99. The number of benzene rings is 1. The molecule has 1 heterocycles. The number of thioether (sulfide) groups is 1. The van der Waals surface area contributed by atoms with E-state index in [0.29, 0.717) is 6.04 Å². The Morgan fingerprint density at radius 3 is 3.06 bits per heavy atom. The zero-order valence-electron chi connectivity index (χ0n) is 9.87. The molecule has 0 radical (unpaired) electrons. The maximum atomic E-state index is 4.54. The summed E-state index contributed by atoms with van der Waals surface area (Å²) < 4.78 is 0. The largest absolute Gasteiger partial charge is 0.333 e. The maximum absolute atomic E-state index is 4.54. The van der Waals surface area contributed by atoms with Gasteiger partial charge in [0, 0.05) is 11.8 Å². The zero-order chi connectivity index (χ0) is 11.5. The van der Waals surface area contributed by atoms with Crippen LogP contribution in [0.5, 0.6) is 0 Å². The van der Waals surface area contributed by atoms with Gasteiger partial charge in [0.05, 0.1) is 11.0 Å². The molecule has 4 heteroatoms. The highest BCUT2D eigenvalue weighted by atomic mass is 32.2. The summed E-state index contributed by atoms with van der Waals surface area (Å²) in [6.45, 7) is 4.26. The first-order chi connectivity index (χ1) is 7.69. The van der Waals surface area contributed by atoms with Gasteiger partial charge in [-0.3, -0.25) is 0 Å². The third-order valence-electron chi connectivity index (χ3n) is 2.58. The molecule has 2 N–H and O–H groups in total. The quantitative estimate of drug-likeness (QED) is 0.800. The van der Waals surface area contributed by atoms with Gasteiger partial charge >= 0.3 is 0 Å². The van der Waals surface area contributed by atoms with Crippen molar-refractivity contribution < 1.29 is 0 Å². The van der Waals surface area contributed by atoms with E-state index in [1.54, 1.807) is 11.8 Å². The number of hydrogen-bond acceptors (Lipinski definition) is 3. The van der Waals surface area contributed by atoms with Crippen LogP contribution in [0.2, 0.25) is 0 Å². The number of imidazole rings is 1. The Bertz CT molecular complexity index is 478. The Hall–Kier alpha value is -1.00. The van der Waals surface area contributed by atoms with Gasteiger partial charge in [-0.15, -0.1) is 0 Å². The lowest BCUT2D eigenvalue weighted by atomic mass is 10.2. The van der Waals surface area contributed by atoms with Crippen molar-refractivity contribution in [3.05, 3.63) is 23.8 Å². The van der Waals surface area contributed by atoms with Crippen molar-refractivity contribution in [1.82, 2.24) is 15.3 Å². The predicted molar refractivity (Wildman–Crippen MR) is 70.1 cm³/mol. The van der Waals surface area contributed by atoms with Crippen LogP contribution >= 0.6 is 11.8 Å². The summed E-state index contributed by atoms with van der Waals surface area (Å²) in [4.78, 5) is 7.88. The molecule has 2 rings (SSSR count). The van der Waals surface area contributed by atoms with Crippen LogP contribution < -0.4 is 5.32 Å². The van der Waals surface area contributed by atoms with Crippen LogP contribution in [0.1, 0.15) is 12.5 Å². The number of nitrogens with zero attached hydrogens (tertiary/aromatic N) is 1. The molecule has 1 unspecified atom stereocenters. The van der Waals surface area contributed by atoms with E-state index in [-0.39, 0.29) is 0 Å². The molecule has 1 atom stereocenters. The van der Waals surface area contributed by atoms with Crippen LogP contribution in [0.25, 0.3) is 11.0 Å². The summed E-state index contributed by atoms with van der Waals surface area (Å²) in [5.41, 5.74) is 3.43. The average molecular weight is 235 g/mol. The maximum Gasteiger partial charge on any atom is 0.166 e. The molecule has 0 spiro atoms. The normalized spacial score (nSPS) is 13.2. The van der Waals surface area contributed by atoms with Crippen molar-refractivity contribution in [2.45, 2.75) is 25.0 Å². The van der Waals surface area contributed by atoms with Crippen molar-refractivity contribution in [3.63, 3.8) is 0 Å². The molecule has 1 aromatic heterocycles. The number of aromatic amines is 1. The third kappa shape index (κ3) is 2.57. The standard InChI is InChI=1S/C12H17N3S/c1-8-4-5-10-11(6-8)15-12(14-10)16-7-9(2)13-3/h4-6,9,13H,7H2,1-3H3,(H,14,15). The van der Waals surface area contributed by atoms with Gasteiger partial charge in [0.15, 0.2) is 5.16 Å². The fourth-order valence-electron chi connectivity index (χ4n) is 1.46. The fourth-order valence-corrected chi connectivity index (χ4v) is 2.38. The summed E-state index contributed by atoms with van der Waals surface area (Å²) in [6, 6.07) is 6.79. The molecule has 3 nitrogen and oxygen atoms in total. The van der Waals surface area contributed by atoms with Gasteiger partial charge in [0.25, 0.3) is 0 Å². The van der Waals surface area contributed by atoms with Gasteiger partial charge < -0.3 is 10.3 Å². The molecule has 2 aromatic rings. The smallest absolute Gasteiger partial charge is 0.166 e. The van der Waals surface area contributed by atoms with Crippen molar-refractivity contribution in [1.29, 1.82) is 0 Å². The van der Waals surface area contributed by atoms with Crippen LogP contribution in [-0.4, -0.2) is 28.8 Å². The van der Waals surface area contributed by atoms with Crippen LogP contribution in [0, 0.1) is 6.92 Å². The van der Waals surface area contributed by atoms with E-state index in [2.05, 4.69) is 47.3 Å². The molecule has 86 valence electrons. The molecule has 0 aliphatic rings. The van der Waals surface area contributed by atoms with E-state index >= 15 is 0 Å². The Morgan fingerprint density at radius 1 is 1.50 bits per heavy atom. The number of fused-ring (bicyclic) bond motifs is 1. The third-order valence-corrected chi connectivity index (χ3v) is 3.71. The molecule has 0 fully saturated rings. The highest BCUT2D eigenvalue weighted by Gasteiger charge is 2.05. The molecular formula is C12H17N3S. The summed E-state index contributed by atoms with van der Waals surface area (Å²) in [5.74, 6) is 1.02. The van der Waals surface area contributed by atoms with Crippen LogP contribution in [0.3, 0.4) is 0 Å². The molecule has 0 amide bonds. The second-order valence-electron chi connectivity index (χ2n) is 4.06. The molecule has 1 aromatic carbocycles. The van der Waals surface area contributed by atoms with Gasteiger partial charge in [-0.25, -0.2) is 4.98 Å². The molecule has 0 bridgehead atoms. The SMILES string of the molecule is CNC(C)CSc1nc2ccc(C)cc2[nH]1. The van der Waals surface area contributed by atoms with Crippen LogP contribution in [-0.2, 0) is 0 Å². The van der Waals surface area contributed by atoms with Crippen molar-refractivity contribution in [3.8, 4) is 0 Å². The second-order valence-corrected chi connectivity index (χ2v) is 5.07. The van der Waals surface area contributed by atoms with E-state index in [1.807, 2.05) is 7.05 Å². The van der Waals surface area contributed by atoms with E-state index in [1.165, 1.54) is 5.56 Å². The number of rotatable bonds is 4. The number of aromatic nitrogens is 2. The zero-order valence-corrected chi connectivity index (χ0v) is 10.7. The van der Waals surface area contributed by atoms with Gasteiger partial charge in [0.2, 0.25) is 0 Å². The number of hydrogen-bond donors (Lipinski definition) is 2. The number of H-pyrrole nitrogens is 1. The first kappa shape index (κ1) is 11.5. The second kappa shape index (κ2) is 4.89. The fraction of sp³-hybridized carbons (Fsp3) is 0.417. The molecule has 16 heavy (non-hydrogen) atoms. The van der Waals surface area contributed by atoms with Crippen molar-refractivity contribution in [2.75, 3.05) is 12.8 Å². The lowest BCUT2D eigenvalue weighted by Gasteiger charge is -2.06. The molecular weight excluding hydrogens is 218 g/mol. The summed E-state index contributed by atoms with van der Waals surface area (Å²) in [7, 11) is 1.98. The molecule has 0 aliphatic carbocycles. The van der Waals surface area contributed by atoms with Crippen molar-refractivity contribution >= 4 is 22.8 Å². The summed E-state index contributed by atoms with van der Waals surface area (Å²) in [6.07, 6.45) is 0. The molecule has 0 saturated carbocycles. The minimum Gasteiger partial charge on any atom is -0.333 e. The Kier molecular flexibility index (Phi) is 3.51. The van der Waals surface area contributed by atoms with Gasteiger partial charge in [-0.2, -0.15) is 0 Å². The summed E-state index contributed by atoms with van der Waals surface area (Å²) in [5, 5.41) is 4.22. The molecule has 0 saturated heterocycles. The first-order valence-electron chi connectivity index (χ1n) is 5.45. The predicted octanol–water partition coefficient (Wildman–Crippen LogP) is 2.57. The number of nitrogens with one attached hydrogen (secondary N) is 2. The average Bonchev–Trinajstić information content (AvgIpc) is 2.67. The topological polar surface area (TPSA) is 40.7 Å². The van der Waals surface area contributed by atoms with E-state index in [4.69, 9.17) is 0 Å². The minimum atomic E-state index is 0.500. The Labute approximate surface area is 100 Å². The Morgan fingerprint density at radius 2 is 2.31 bits per heavy atom. The van der Waals surface area contributed by atoms with Gasteiger partial charge in [-0.05, 0) is 38.6 Å².